The van der Waals surface area contributed by atoms with E-state index in [1.807, 2.05) is 0 Å². The summed E-state index contributed by atoms with van der Waals surface area (Å²) in [6, 6.07) is 8.32. The Balaban J connectivity index is 1.54. The van der Waals surface area contributed by atoms with E-state index in [4.69, 9.17) is 0 Å². The van der Waals surface area contributed by atoms with Gasteiger partial charge in [-0.3, -0.25) is 0 Å². The molecular weight excluding hydrogens is 345 g/mol. The molecule has 2 aliphatic rings. The molecule has 0 N–H and O–H groups in total. The second-order valence-electron chi connectivity index (χ2n) is 8.48. The van der Waals surface area contributed by atoms with Crippen LogP contribution in [0.3, 0.4) is 0 Å². The van der Waals surface area contributed by atoms with Crippen LogP contribution >= 0.6 is 0 Å². The van der Waals surface area contributed by atoms with Gasteiger partial charge in [0.1, 0.15) is 17.5 Å². The van der Waals surface area contributed by atoms with Crippen molar-refractivity contribution in [2.75, 3.05) is 0 Å². The van der Waals surface area contributed by atoms with Gasteiger partial charge in [-0.1, -0.05) is 31.9 Å². The van der Waals surface area contributed by atoms with Crippen molar-refractivity contribution in [2.24, 2.45) is 17.8 Å². The van der Waals surface area contributed by atoms with Gasteiger partial charge in [0, 0.05) is 0 Å². The summed E-state index contributed by atoms with van der Waals surface area (Å²) in [4.78, 5) is 0. The van der Waals surface area contributed by atoms with Gasteiger partial charge < -0.3 is 0 Å². The second kappa shape index (κ2) is 7.69. The molecule has 144 valence electrons. The van der Waals surface area contributed by atoms with Gasteiger partial charge in [-0.2, -0.15) is 0 Å². The van der Waals surface area contributed by atoms with Crippen molar-refractivity contribution in [3.63, 3.8) is 0 Å². The van der Waals surface area contributed by atoms with Crippen molar-refractivity contribution in [2.45, 2.75) is 57.8 Å². The maximum atomic E-state index is 14.7. The number of hydrogen-bond acceptors (Lipinski definition) is 0. The Bertz CT molecular complexity index is 773. The van der Waals surface area contributed by atoms with Gasteiger partial charge in [-0.25, -0.2) is 13.2 Å². The fraction of sp³-hybridized carbons (Fsp3) is 0.500. The van der Waals surface area contributed by atoms with Crippen LogP contribution in [0.1, 0.15) is 63.4 Å². The van der Waals surface area contributed by atoms with E-state index in [-0.39, 0.29) is 11.5 Å². The largest absolute Gasteiger partial charge is 0.207 e. The second-order valence-corrected chi connectivity index (χ2v) is 8.48. The standard InChI is InChI=1S/C24H27F3/c1-2-15-3-4-18-12-19(6-5-17(18)11-15)20-13-22(26)24(23(27)14-20)16-7-9-21(25)10-8-16/h7-10,13-15,17-19H,2-6,11-12H2,1H3/t15?,17-,18-,19-/m1/s1. The number of hydrogen-bond donors (Lipinski definition) is 0. The highest BCUT2D eigenvalue weighted by Crippen LogP contribution is 2.48. The predicted octanol–water partition coefficient (Wildman–Crippen LogP) is 7.48. The summed E-state index contributed by atoms with van der Waals surface area (Å²) >= 11 is 0. The summed E-state index contributed by atoms with van der Waals surface area (Å²) in [5.41, 5.74) is 1.10. The van der Waals surface area contributed by atoms with Gasteiger partial charge in [0.2, 0.25) is 0 Å². The molecule has 0 aromatic heterocycles. The summed E-state index contributed by atoms with van der Waals surface area (Å²) in [6.07, 6.45) is 8.42. The van der Waals surface area contributed by atoms with E-state index in [1.54, 1.807) is 0 Å². The lowest BCUT2D eigenvalue weighted by Gasteiger charge is -2.42. The van der Waals surface area contributed by atoms with E-state index >= 15 is 0 Å². The summed E-state index contributed by atoms with van der Waals surface area (Å²) in [5, 5.41) is 0. The van der Waals surface area contributed by atoms with Crippen molar-refractivity contribution < 1.29 is 13.2 Å². The minimum absolute atomic E-state index is 0.0594. The zero-order valence-corrected chi connectivity index (χ0v) is 15.9. The lowest BCUT2D eigenvalue weighted by Crippen LogP contribution is -2.30. The zero-order valence-electron chi connectivity index (χ0n) is 15.9. The van der Waals surface area contributed by atoms with E-state index in [9.17, 15) is 13.2 Å². The van der Waals surface area contributed by atoms with Gasteiger partial charge in [-0.05, 0) is 91.2 Å². The van der Waals surface area contributed by atoms with Gasteiger partial charge >= 0.3 is 0 Å². The van der Waals surface area contributed by atoms with Crippen molar-refractivity contribution in [1.29, 1.82) is 0 Å². The molecule has 3 heteroatoms. The number of rotatable bonds is 3. The molecule has 2 saturated carbocycles. The molecule has 4 atom stereocenters. The Hall–Kier alpha value is -1.77. The third-order valence-corrected chi connectivity index (χ3v) is 6.97. The molecule has 0 amide bonds. The van der Waals surface area contributed by atoms with Crippen LogP contribution in [0.5, 0.6) is 0 Å². The summed E-state index contributed by atoms with van der Waals surface area (Å²) in [7, 11) is 0. The van der Waals surface area contributed by atoms with Crippen molar-refractivity contribution in [1.82, 2.24) is 0 Å². The van der Waals surface area contributed by atoms with E-state index in [0.29, 0.717) is 11.5 Å². The van der Waals surface area contributed by atoms with Crippen LogP contribution < -0.4 is 0 Å². The molecule has 0 heterocycles. The molecule has 0 radical (unpaired) electrons. The minimum Gasteiger partial charge on any atom is -0.207 e. The highest BCUT2D eigenvalue weighted by atomic mass is 19.1. The molecule has 2 aromatic rings. The highest BCUT2D eigenvalue weighted by molar-refractivity contribution is 5.65. The smallest absolute Gasteiger partial charge is 0.134 e. The number of benzene rings is 2. The lowest BCUT2D eigenvalue weighted by molar-refractivity contribution is 0.116. The molecule has 27 heavy (non-hydrogen) atoms. The van der Waals surface area contributed by atoms with Crippen LogP contribution in [0.25, 0.3) is 11.1 Å². The summed E-state index contributed by atoms with van der Waals surface area (Å²) < 4.78 is 42.6. The number of halogens is 3. The Kier molecular flexibility index (Phi) is 5.29. The molecule has 2 fully saturated rings. The Labute approximate surface area is 159 Å². The number of fused-ring (bicyclic) bond motifs is 1. The topological polar surface area (TPSA) is 0 Å². The zero-order chi connectivity index (χ0) is 19.0. The Morgan fingerprint density at radius 3 is 2.11 bits per heavy atom. The van der Waals surface area contributed by atoms with Crippen LogP contribution in [0.15, 0.2) is 36.4 Å². The maximum absolute atomic E-state index is 14.7. The van der Waals surface area contributed by atoms with Gasteiger partial charge in [0.05, 0.1) is 5.56 Å². The van der Waals surface area contributed by atoms with E-state index in [1.165, 1.54) is 68.5 Å². The van der Waals surface area contributed by atoms with Crippen LogP contribution in [0.4, 0.5) is 13.2 Å². The maximum Gasteiger partial charge on any atom is 0.134 e. The molecule has 0 nitrogen and oxygen atoms in total. The van der Waals surface area contributed by atoms with Gasteiger partial charge in [-0.15, -0.1) is 0 Å². The van der Waals surface area contributed by atoms with Crippen molar-refractivity contribution in [3.05, 3.63) is 59.4 Å². The molecule has 2 aliphatic carbocycles. The van der Waals surface area contributed by atoms with Crippen molar-refractivity contribution in [3.8, 4) is 11.1 Å². The first-order valence-electron chi connectivity index (χ1n) is 10.3. The van der Waals surface area contributed by atoms with E-state index in [0.717, 1.165) is 30.2 Å². The first-order valence-corrected chi connectivity index (χ1v) is 10.3. The minimum atomic E-state index is -0.548. The summed E-state index contributed by atoms with van der Waals surface area (Å²) in [5.74, 6) is 1.11. The Morgan fingerprint density at radius 1 is 0.815 bits per heavy atom. The fourth-order valence-corrected chi connectivity index (χ4v) is 5.38. The van der Waals surface area contributed by atoms with E-state index in [2.05, 4.69) is 6.92 Å². The predicted molar refractivity (Wildman–Crippen MR) is 103 cm³/mol. The molecule has 0 aliphatic heterocycles. The Morgan fingerprint density at radius 2 is 1.44 bits per heavy atom. The molecule has 1 unspecified atom stereocenters. The average molecular weight is 372 g/mol. The molecule has 0 bridgehead atoms. The fourth-order valence-electron chi connectivity index (χ4n) is 5.38. The average Bonchev–Trinajstić information content (AvgIpc) is 2.68. The molecular formula is C24H27F3. The van der Waals surface area contributed by atoms with Crippen LogP contribution in [-0.2, 0) is 0 Å². The first-order chi connectivity index (χ1) is 13.0. The lowest BCUT2D eigenvalue weighted by atomic mass is 9.63. The van der Waals surface area contributed by atoms with E-state index < -0.39 is 17.5 Å². The molecule has 0 saturated heterocycles. The SMILES string of the molecule is CCC1CC[C@@H]2C[C@H](c3cc(F)c(-c4ccc(F)cc4)c(F)c3)CC[C@@H]2C1. The molecule has 2 aromatic carbocycles. The quantitative estimate of drug-likeness (QED) is 0.524. The van der Waals surface area contributed by atoms with Gasteiger partial charge in [0.15, 0.2) is 0 Å². The van der Waals surface area contributed by atoms with Crippen LogP contribution in [-0.4, -0.2) is 0 Å². The van der Waals surface area contributed by atoms with Crippen LogP contribution in [0, 0.1) is 35.2 Å². The molecule has 4 rings (SSSR count). The first kappa shape index (κ1) is 18.6. The third-order valence-electron chi connectivity index (χ3n) is 6.97. The monoisotopic (exact) mass is 372 g/mol. The summed E-state index contributed by atoms with van der Waals surface area (Å²) in [6.45, 7) is 2.28. The van der Waals surface area contributed by atoms with Gasteiger partial charge in [0.25, 0.3) is 0 Å². The third kappa shape index (κ3) is 3.79. The van der Waals surface area contributed by atoms with Crippen LogP contribution in [0.2, 0.25) is 0 Å². The highest BCUT2D eigenvalue weighted by Gasteiger charge is 2.35. The molecule has 0 spiro atoms. The van der Waals surface area contributed by atoms with Crippen molar-refractivity contribution >= 4 is 0 Å². The normalized spacial score (nSPS) is 28.0.